The van der Waals surface area contributed by atoms with E-state index in [1.807, 2.05) is 0 Å². The lowest BCUT2D eigenvalue weighted by Crippen LogP contribution is -1.94. The Morgan fingerprint density at radius 2 is 2.80 bits per heavy atom. The van der Waals surface area contributed by atoms with Gasteiger partial charge in [0, 0.05) is 11.9 Å². The molecule has 1 heterocycles. The van der Waals surface area contributed by atoms with Crippen molar-refractivity contribution in [3.05, 3.63) is 5.88 Å². The molecule has 0 aliphatic carbocycles. The van der Waals surface area contributed by atoms with Crippen molar-refractivity contribution in [1.82, 2.24) is 5.32 Å². The molecule has 0 spiro atoms. The van der Waals surface area contributed by atoms with Crippen LogP contribution in [0.4, 0.5) is 0 Å². The highest BCUT2D eigenvalue weighted by Gasteiger charge is 1.88. The molecule has 1 N–H and O–H groups in total. The van der Waals surface area contributed by atoms with Gasteiger partial charge in [-0.15, -0.1) is 0 Å². The lowest BCUT2D eigenvalue weighted by molar-refractivity contribution is 1.32. The predicted octanol–water partition coefficient (Wildman–Crippen LogP) is 0.139. The smallest absolute Gasteiger partial charge is 0.183 e. The van der Waals surface area contributed by atoms with Gasteiger partial charge in [-0.2, -0.15) is 4.40 Å². The number of hydrogen-bond donors (Lipinski definition) is 1. The first kappa shape index (κ1) is 3.03. The third-order valence-electron chi connectivity index (χ3n) is 0.244. The van der Waals surface area contributed by atoms with Gasteiger partial charge in [0.25, 0.3) is 0 Å². The Bertz CT molecular complexity index is 45.6. The van der Waals surface area contributed by atoms with Gasteiger partial charge in [-0.3, -0.25) is 0 Å². The largest absolute Gasteiger partial charge is 0.345 e. The minimum absolute atomic E-state index is 1.23. The monoisotopic (exact) mass is 85.0 g/mol. The minimum atomic E-state index is 1.23. The summed E-state index contributed by atoms with van der Waals surface area (Å²) >= 11 is 1.23. The molecule has 0 atom stereocenters. The zero-order valence-electron chi connectivity index (χ0n) is 2.36. The van der Waals surface area contributed by atoms with Crippen LogP contribution in [-0.2, 0) is 0 Å². The van der Waals surface area contributed by atoms with E-state index in [2.05, 4.69) is 21.9 Å². The van der Waals surface area contributed by atoms with E-state index < -0.39 is 0 Å². The molecule has 2 nitrogen and oxygen atoms in total. The van der Waals surface area contributed by atoms with E-state index >= 15 is 0 Å². The van der Waals surface area contributed by atoms with Gasteiger partial charge in [0.2, 0.25) is 0 Å². The van der Waals surface area contributed by atoms with Gasteiger partial charge in [-0.1, -0.05) is 0 Å². The SMILES string of the molecule is [C]1N[C]=NS1. The molecule has 5 heavy (non-hydrogen) atoms. The van der Waals surface area contributed by atoms with E-state index in [1.165, 1.54) is 11.9 Å². The van der Waals surface area contributed by atoms with Crippen molar-refractivity contribution in [2.45, 2.75) is 0 Å². The Morgan fingerprint density at radius 1 is 1.80 bits per heavy atom. The molecule has 1 aliphatic rings. The molecule has 0 aromatic carbocycles. The average Bonchev–Trinajstić information content (AvgIpc) is 1.76. The van der Waals surface area contributed by atoms with Crippen molar-refractivity contribution in [2.75, 3.05) is 0 Å². The Morgan fingerprint density at radius 3 is 3.00 bits per heavy atom. The van der Waals surface area contributed by atoms with Gasteiger partial charge in [0.1, 0.15) is 0 Å². The zero-order valence-corrected chi connectivity index (χ0v) is 3.17. The highest BCUT2D eigenvalue weighted by atomic mass is 32.2. The van der Waals surface area contributed by atoms with Gasteiger partial charge in [-0.25, -0.2) is 0 Å². The molecular formula is C2HN2S. The second-order valence-electron chi connectivity index (χ2n) is 0.521. The highest BCUT2D eigenvalue weighted by molar-refractivity contribution is 8.00. The van der Waals surface area contributed by atoms with Crippen molar-refractivity contribution in [3.8, 4) is 0 Å². The molecule has 0 fully saturated rings. The Kier molecular flexibility index (Phi) is 0.792. The normalized spacial score (nSPS) is 19.2. The summed E-state index contributed by atoms with van der Waals surface area (Å²) in [7, 11) is 0. The maximum atomic E-state index is 3.53. The Hall–Kier alpha value is -0.180. The molecule has 25 valence electrons. The molecule has 0 unspecified atom stereocenters. The third-order valence-corrected chi connectivity index (χ3v) is 0.620. The fraction of sp³-hybridized carbons (Fsp3) is 0. The standard InChI is InChI=1S/C2HN2S/c1-3-2-5-4-1/h(H,3,4). The first-order valence-electron chi connectivity index (χ1n) is 1.11. The number of nitrogens with zero attached hydrogens (tertiary/aromatic N) is 1. The van der Waals surface area contributed by atoms with Crippen LogP contribution in [0.5, 0.6) is 0 Å². The van der Waals surface area contributed by atoms with Crippen LogP contribution in [0.1, 0.15) is 0 Å². The maximum Gasteiger partial charge on any atom is 0.183 e. The van der Waals surface area contributed by atoms with Gasteiger partial charge in [-0.05, 0) is 0 Å². The van der Waals surface area contributed by atoms with Crippen LogP contribution in [0.3, 0.4) is 0 Å². The molecule has 0 amide bonds. The van der Waals surface area contributed by atoms with Crippen molar-refractivity contribution in [3.63, 3.8) is 0 Å². The second kappa shape index (κ2) is 1.31. The minimum Gasteiger partial charge on any atom is -0.345 e. The van der Waals surface area contributed by atoms with Crippen molar-refractivity contribution in [1.29, 1.82) is 0 Å². The summed E-state index contributed by atoms with van der Waals surface area (Å²) in [4.78, 5) is 0. The lowest BCUT2D eigenvalue weighted by atomic mass is 11.2. The molecule has 1 aliphatic heterocycles. The molecular weight excluding hydrogens is 84.1 g/mol. The number of nitrogens with one attached hydrogen (secondary N) is 1. The molecule has 3 heteroatoms. The van der Waals surface area contributed by atoms with Crippen LogP contribution in [-0.4, -0.2) is 6.34 Å². The van der Waals surface area contributed by atoms with Crippen LogP contribution in [0.2, 0.25) is 0 Å². The van der Waals surface area contributed by atoms with E-state index in [1.54, 1.807) is 0 Å². The maximum absolute atomic E-state index is 3.53. The van der Waals surface area contributed by atoms with Crippen LogP contribution in [0.15, 0.2) is 4.40 Å². The first-order valence-corrected chi connectivity index (χ1v) is 1.88. The lowest BCUT2D eigenvalue weighted by Gasteiger charge is -1.68. The first-order chi connectivity index (χ1) is 2.50. The second-order valence-corrected chi connectivity index (χ2v) is 1.09. The number of rotatable bonds is 0. The van der Waals surface area contributed by atoms with E-state index in [-0.39, 0.29) is 0 Å². The summed E-state index contributed by atoms with van der Waals surface area (Å²) in [5.74, 6) is 2.61. The zero-order chi connectivity index (χ0) is 3.54. The third kappa shape index (κ3) is 0.545. The van der Waals surface area contributed by atoms with E-state index in [0.29, 0.717) is 0 Å². The molecule has 0 aromatic heterocycles. The van der Waals surface area contributed by atoms with Gasteiger partial charge in [0.15, 0.2) is 12.2 Å². The highest BCUT2D eigenvalue weighted by Crippen LogP contribution is 2.04. The molecule has 0 bridgehead atoms. The van der Waals surface area contributed by atoms with Gasteiger partial charge in [0.05, 0.1) is 0 Å². The summed E-state index contributed by atoms with van der Waals surface area (Å²) < 4.78 is 3.53. The Labute approximate surface area is 34.8 Å². The van der Waals surface area contributed by atoms with Crippen LogP contribution >= 0.6 is 11.9 Å². The van der Waals surface area contributed by atoms with Crippen LogP contribution in [0.25, 0.3) is 0 Å². The summed E-state index contributed by atoms with van der Waals surface area (Å²) in [6, 6.07) is 0. The molecule has 1 rings (SSSR count). The summed E-state index contributed by atoms with van der Waals surface area (Å²) in [6.07, 6.45) is 2.45. The predicted molar refractivity (Wildman–Crippen MR) is 21.4 cm³/mol. The molecule has 0 aromatic rings. The fourth-order valence-electron chi connectivity index (χ4n) is 0.114. The summed E-state index contributed by atoms with van der Waals surface area (Å²) in [6.45, 7) is 0. The molecule has 0 saturated heterocycles. The average molecular weight is 85.1 g/mol. The fourth-order valence-corrected chi connectivity index (χ4v) is 0.342. The van der Waals surface area contributed by atoms with Crippen molar-refractivity contribution in [2.24, 2.45) is 4.40 Å². The summed E-state index contributed by atoms with van der Waals surface area (Å²) in [5, 5.41) is 2.52. The van der Waals surface area contributed by atoms with Gasteiger partial charge >= 0.3 is 0 Å². The van der Waals surface area contributed by atoms with E-state index in [9.17, 15) is 0 Å². The van der Waals surface area contributed by atoms with Crippen molar-refractivity contribution < 1.29 is 0 Å². The number of hydrogen-bond acceptors (Lipinski definition) is 3. The van der Waals surface area contributed by atoms with E-state index in [0.717, 1.165) is 0 Å². The molecule has 3 radical (unpaired) electrons. The Balaban J connectivity index is 2.32. The molecule has 0 saturated carbocycles. The van der Waals surface area contributed by atoms with Crippen LogP contribution < -0.4 is 5.32 Å². The topological polar surface area (TPSA) is 24.4 Å². The quantitative estimate of drug-likeness (QED) is 0.423. The van der Waals surface area contributed by atoms with Crippen LogP contribution in [0, 0.1) is 5.88 Å². The van der Waals surface area contributed by atoms with Gasteiger partial charge < -0.3 is 5.32 Å². The van der Waals surface area contributed by atoms with Crippen molar-refractivity contribution >= 4 is 18.3 Å². The summed E-state index contributed by atoms with van der Waals surface area (Å²) in [5.41, 5.74) is 0. The van der Waals surface area contributed by atoms with E-state index in [4.69, 9.17) is 0 Å².